The fourth-order valence-electron chi connectivity index (χ4n) is 3.17. The lowest BCUT2D eigenvalue weighted by atomic mass is 9.89. The van der Waals surface area contributed by atoms with E-state index in [0.29, 0.717) is 17.6 Å². The number of rotatable bonds is 3. The molecule has 2 heterocycles. The van der Waals surface area contributed by atoms with Crippen molar-refractivity contribution in [3.8, 4) is 0 Å². The number of nitrogens with zero attached hydrogens (tertiary/aromatic N) is 1. The molecular formula is C16H23NO4. The third-order valence-electron chi connectivity index (χ3n) is 4.26. The second kappa shape index (κ2) is 4.98. The third-order valence-corrected chi connectivity index (χ3v) is 4.26. The van der Waals surface area contributed by atoms with Crippen LogP contribution in [-0.4, -0.2) is 42.3 Å². The first-order chi connectivity index (χ1) is 9.71. The zero-order valence-corrected chi connectivity index (χ0v) is 13.4. The number of esters is 1. The molecule has 0 unspecified atom stereocenters. The maximum atomic E-state index is 12.8. The van der Waals surface area contributed by atoms with Crippen LogP contribution in [0.3, 0.4) is 0 Å². The number of amides is 1. The van der Waals surface area contributed by atoms with Crippen molar-refractivity contribution in [1.29, 1.82) is 0 Å². The Morgan fingerprint density at radius 2 is 2.19 bits per heavy atom. The van der Waals surface area contributed by atoms with Crippen molar-refractivity contribution < 1.29 is 19.1 Å². The number of fused-ring (bicyclic) bond motifs is 1. The van der Waals surface area contributed by atoms with E-state index < -0.39 is 17.7 Å². The average Bonchev–Trinajstić information content (AvgIpc) is 2.90. The van der Waals surface area contributed by atoms with Crippen LogP contribution in [0.15, 0.2) is 23.8 Å². The van der Waals surface area contributed by atoms with Crippen molar-refractivity contribution >= 4 is 11.9 Å². The standard InChI is InChI=1S/C16H23NO4/c1-7-8-11-10(2)16(14(19)20-6)9-21-13(15(3,4)5)17(16)12(11)18/h7,13H,1,8-9H2,2-6H3/t13-,16+/m0/s1. The number of allylic oxidation sites excluding steroid dienone is 1. The molecular weight excluding hydrogens is 270 g/mol. The van der Waals surface area contributed by atoms with Crippen LogP contribution >= 0.6 is 0 Å². The van der Waals surface area contributed by atoms with Gasteiger partial charge in [0.2, 0.25) is 0 Å². The highest BCUT2D eigenvalue weighted by molar-refractivity contribution is 6.06. The van der Waals surface area contributed by atoms with Gasteiger partial charge in [-0.1, -0.05) is 26.8 Å². The van der Waals surface area contributed by atoms with E-state index >= 15 is 0 Å². The third kappa shape index (κ3) is 2.02. The summed E-state index contributed by atoms with van der Waals surface area (Å²) >= 11 is 0. The summed E-state index contributed by atoms with van der Waals surface area (Å²) in [7, 11) is 1.34. The summed E-state index contributed by atoms with van der Waals surface area (Å²) in [5.74, 6) is -0.602. The van der Waals surface area contributed by atoms with Crippen molar-refractivity contribution in [2.24, 2.45) is 5.41 Å². The molecule has 0 aliphatic carbocycles. The first-order valence-electron chi connectivity index (χ1n) is 7.06. The highest BCUT2D eigenvalue weighted by Crippen LogP contribution is 2.47. The van der Waals surface area contributed by atoms with Crippen LogP contribution in [0, 0.1) is 5.41 Å². The van der Waals surface area contributed by atoms with Gasteiger partial charge in [-0.05, 0) is 18.9 Å². The fourth-order valence-corrected chi connectivity index (χ4v) is 3.17. The molecule has 0 aromatic rings. The number of hydrogen-bond donors (Lipinski definition) is 0. The van der Waals surface area contributed by atoms with Gasteiger partial charge in [0.1, 0.15) is 6.23 Å². The Balaban J connectivity index is 2.58. The van der Waals surface area contributed by atoms with Gasteiger partial charge in [-0.3, -0.25) is 9.69 Å². The maximum Gasteiger partial charge on any atom is 0.338 e. The summed E-state index contributed by atoms with van der Waals surface area (Å²) in [6.07, 6.45) is 1.66. The van der Waals surface area contributed by atoms with Crippen molar-refractivity contribution in [1.82, 2.24) is 4.90 Å². The highest BCUT2D eigenvalue weighted by atomic mass is 16.6. The second-order valence-electron chi connectivity index (χ2n) is 6.65. The van der Waals surface area contributed by atoms with Crippen LogP contribution in [-0.2, 0) is 19.1 Å². The molecule has 0 radical (unpaired) electrons. The molecule has 0 bridgehead atoms. The van der Waals surface area contributed by atoms with Crippen LogP contribution in [0.1, 0.15) is 34.1 Å². The van der Waals surface area contributed by atoms with E-state index in [9.17, 15) is 9.59 Å². The molecule has 2 aliphatic heterocycles. The average molecular weight is 293 g/mol. The Kier molecular flexibility index (Phi) is 3.74. The lowest BCUT2D eigenvalue weighted by Crippen LogP contribution is -2.56. The monoisotopic (exact) mass is 293 g/mol. The van der Waals surface area contributed by atoms with Crippen molar-refractivity contribution in [3.63, 3.8) is 0 Å². The van der Waals surface area contributed by atoms with Gasteiger partial charge < -0.3 is 9.47 Å². The van der Waals surface area contributed by atoms with Crippen LogP contribution in [0.5, 0.6) is 0 Å². The normalized spacial score (nSPS) is 28.9. The van der Waals surface area contributed by atoms with Gasteiger partial charge in [0.05, 0.1) is 13.7 Å². The molecule has 2 rings (SSSR count). The molecule has 1 saturated heterocycles. The maximum absolute atomic E-state index is 12.8. The van der Waals surface area contributed by atoms with E-state index in [-0.39, 0.29) is 17.9 Å². The predicted octanol–water partition coefficient (Wildman–Crippen LogP) is 2.04. The van der Waals surface area contributed by atoms with E-state index in [4.69, 9.17) is 9.47 Å². The number of hydrogen-bond acceptors (Lipinski definition) is 4. The lowest BCUT2D eigenvalue weighted by Gasteiger charge is -2.37. The van der Waals surface area contributed by atoms with E-state index in [1.165, 1.54) is 7.11 Å². The smallest absolute Gasteiger partial charge is 0.338 e. The first-order valence-corrected chi connectivity index (χ1v) is 7.06. The summed E-state index contributed by atoms with van der Waals surface area (Å²) in [5.41, 5.74) is -0.0868. The molecule has 0 spiro atoms. The van der Waals surface area contributed by atoms with Crippen molar-refractivity contribution in [2.45, 2.75) is 45.9 Å². The Morgan fingerprint density at radius 1 is 1.57 bits per heavy atom. The minimum absolute atomic E-state index is 0.139. The minimum Gasteiger partial charge on any atom is -0.467 e. The Bertz CT molecular complexity index is 529. The quantitative estimate of drug-likeness (QED) is 0.590. The predicted molar refractivity (Wildman–Crippen MR) is 78.3 cm³/mol. The minimum atomic E-state index is -1.12. The fraction of sp³-hybridized carbons (Fsp3) is 0.625. The number of ether oxygens (including phenoxy) is 2. The number of carbonyl (C=O) groups is 2. The van der Waals surface area contributed by atoms with Gasteiger partial charge in [0.15, 0.2) is 5.54 Å². The van der Waals surface area contributed by atoms with Crippen LogP contribution in [0.4, 0.5) is 0 Å². The molecule has 0 aromatic heterocycles. The van der Waals surface area contributed by atoms with E-state index in [1.807, 2.05) is 27.7 Å². The zero-order valence-electron chi connectivity index (χ0n) is 13.4. The molecule has 1 fully saturated rings. The molecule has 5 heteroatoms. The molecule has 2 aliphatic rings. The van der Waals surface area contributed by atoms with Gasteiger partial charge in [0, 0.05) is 11.0 Å². The van der Waals surface area contributed by atoms with E-state index in [0.717, 1.165) is 0 Å². The molecule has 5 nitrogen and oxygen atoms in total. The van der Waals surface area contributed by atoms with Crippen molar-refractivity contribution in [3.05, 3.63) is 23.8 Å². The summed E-state index contributed by atoms with van der Waals surface area (Å²) < 4.78 is 10.8. The van der Waals surface area contributed by atoms with Gasteiger partial charge in [-0.15, -0.1) is 6.58 Å². The Hall–Kier alpha value is -1.62. The largest absolute Gasteiger partial charge is 0.467 e. The highest BCUT2D eigenvalue weighted by Gasteiger charge is 2.64. The van der Waals surface area contributed by atoms with E-state index in [1.54, 1.807) is 11.0 Å². The van der Waals surface area contributed by atoms with Crippen LogP contribution < -0.4 is 0 Å². The summed E-state index contributed by atoms with van der Waals surface area (Å²) in [5, 5.41) is 0. The Morgan fingerprint density at radius 3 is 2.67 bits per heavy atom. The molecule has 21 heavy (non-hydrogen) atoms. The SMILES string of the molecule is C=CCC1=C(C)[C@@]2(C(=O)OC)CO[C@@H](C(C)(C)C)N2C1=O. The van der Waals surface area contributed by atoms with Crippen molar-refractivity contribution in [2.75, 3.05) is 13.7 Å². The van der Waals surface area contributed by atoms with Crippen LogP contribution in [0.25, 0.3) is 0 Å². The molecule has 2 atom stereocenters. The zero-order chi connectivity index (χ0) is 16.0. The topological polar surface area (TPSA) is 55.8 Å². The molecule has 0 N–H and O–H groups in total. The first kappa shape index (κ1) is 15.8. The van der Waals surface area contributed by atoms with E-state index in [2.05, 4.69) is 6.58 Å². The number of carbonyl (C=O) groups excluding carboxylic acids is 2. The molecule has 1 amide bonds. The molecule has 0 aromatic carbocycles. The van der Waals surface area contributed by atoms with Gasteiger partial charge in [-0.25, -0.2) is 4.79 Å². The molecule has 116 valence electrons. The summed E-state index contributed by atoms with van der Waals surface area (Å²) in [6.45, 7) is 11.6. The molecule has 0 saturated carbocycles. The Labute approximate surface area is 125 Å². The van der Waals surface area contributed by atoms with Gasteiger partial charge >= 0.3 is 5.97 Å². The van der Waals surface area contributed by atoms with Crippen LogP contribution in [0.2, 0.25) is 0 Å². The summed E-state index contributed by atoms with van der Waals surface area (Å²) in [6, 6.07) is 0. The number of methoxy groups -OCH3 is 1. The lowest BCUT2D eigenvalue weighted by molar-refractivity contribution is -0.157. The summed E-state index contributed by atoms with van der Waals surface area (Å²) in [4.78, 5) is 26.8. The van der Waals surface area contributed by atoms with Gasteiger partial charge in [0.25, 0.3) is 5.91 Å². The van der Waals surface area contributed by atoms with Gasteiger partial charge in [-0.2, -0.15) is 0 Å². The second-order valence-corrected chi connectivity index (χ2v) is 6.65.